The quantitative estimate of drug-likeness (QED) is 0.585. The summed E-state index contributed by atoms with van der Waals surface area (Å²) in [6, 6.07) is 17.9. The minimum absolute atomic E-state index is 0.283. The van der Waals surface area contributed by atoms with Crippen molar-refractivity contribution in [2.45, 2.75) is 12.8 Å². The fraction of sp³-hybridized carbons (Fsp3) is 0.105. The van der Waals surface area contributed by atoms with Crippen LogP contribution in [0.25, 0.3) is 0 Å². The minimum Gasteiger partial charge on any atom is -0.478 e. The van der Waals surface area contributed by atoms with Gasteiger partial charge in [-0.15, -0.1) is 11.3 Å². The number of hydrogen-bond donors (Lipinski definition) is 2. The Bertz CT molecular complexity index is 925. The van der Waals surface area contributed by atoms with Crippen LogP contribution in [0.5, 0.6) is 0 Å². The van der Waals surface area contributed by atoms with Crippen molar-refractivity contribution in [3.8, 4) is 0 Å². The molecule has 3 rings (SSSR count). The van der Waals surface area contributed by atoms with Crippen LogP contribution in [0.3, 0.4) is 0 Å². The Kier molecular flexibility index (Phi) is 5.82. The lowest BCUT2D eigenvalue weighted by atomic mass is 9.99. The van der Waals surface area contributed by atoms with Crippen molar-refractivity contribution in [3.05, 3.63) is 82.7 Å². The lowest BCUT2D eigenvalue weighted by molar-refractivity contribution is 0.0695. The first kappa shape index (κ1) is 18.3. The molecule has 134 valence electrons. The van der Waals surface area contributed by atoms with Gasteiger partial charge in [-0.1, -0.05) is 36.4 Å². The van der Waals surface area contributed by atoms with E-state index in [-0.39, 0.29) is 5.56 Å². The van der Waals surface area contributed by atoms with Crippen molar-refractivity contribution < 1.29 is 18.7 Å². The summed E-state index contributed by atoms with van der Waals surface area (Å²) in [5.74, 6) is -0.953. The molecule has 0 bridgehead atoms. The number of rotatable bonds is 7. The van der Waals surface area contributed by atoms with Crippen LogP contribution in [0, 0.1) is 0 Å². The predicted octanol–water partition coefficient (Wildman–Crippen LogP) is 4.51. The fourth-order valence-corrected chi connectivity index (χ4v) is 4.33. The number of hydrogen-bond acceptors (Lipinski definition) is 3. The molecule has 0 fully saturated rings. The summed E-state index contributed by atoms with van der Waals surface area (Å²) in [6.45, 7) is 0. The largest absolute Gasteiger partial charge is 0.478 e. The maximum Gasteiger partial charge on any atom is 0.335 e. The Morgan fingerprint density at radius 3 is 2.27 bits per heavy atom. The van der Waals surface area contributed by atoms with Gasteiger partial charge < -0.3 is 5.11 Å². The van der Waals surface area contributed by atoms with Gasteiger partial charge in [0.25, 0.3) is 11.3 Å². The van der Waals surface area contributed by atoms with E-state index in [1.54, 1.807) is 30.3 Å². The number of para-hydroxylation sites is 1. The Balaban J connectivity index is 1.91. The van der Waals surface area contributed by atoms with Crippen LogP contribution in [0.2, 0.25) is 0 Å². The predicted molar refractivity (Wildman–Crippen MR) is 104 cm³/mol. The molecule has 0 spiro atoms. The van der Waals surface area contributed by atoms with E-state index >= 15 is 0 Å². The van der Waals surface area contributed by atoms with E-state index in [2.05, 4.69) is 0 Å². The van der Waals surface area contributed by atoms with E-state index in [1.165, 1.54) is 15.6 Å². The first-order valence-corrected chi connectivity index (χ1v) is 9.86. The van der Waals surface area contributed by atoms with Crippen LogP contribution in [0.15, 0.2) is 66.0 Å². The molecule has 1 aromatic heterocycles. The number of thiophene rings is 1. The summed E-state index contributed by atoms with van der Waals surface area (Å²) in [6.07, 6.45) is 1.08. The van der Waals surface area contributed by atoms with E-state index < -0.39 is 17.2 Å². The number of carboxylic acids is 1. The molecule has 26 heavy (non-hydrogen) atoms. The molecule has 7 heteroatoms. The van der Waals surface area contributed by atoms with Crippen molar-refractivity contribution >= 4 is 39.3 Å². The average Bonchev–Trinajstić information content (AvgIpc) is 3.15. The number of anilines is 2. The van der Waals surface area contributed by atoms with Crippen LogP contribution < -0.4 is 4.31 Å². The highest BCUT2D eigenvalue weighted by atomic mass is 32.2. The Morgan fingerprint density at radius 1 is 0.962 bits per heavy atom. The third-order valence-electron chi connectivity index (χ3n) is 3.98. The lowest BCUT2D eigenvalue weighted by Crippen LogP contribution is -2.19. The molecular weight excluding hydrogens is 370 g/mol. The molecule has 2 aromatic carbocycles. The maximum absolute atomic E-state index is 11.9. The molecule has 5 nitrogen and oxygen atoms in total. The van der Waals surface area contributed by atoms with Crippen LogP contribution >= 0.6 is 11.3 Å². The third kappa shape index (κ3) is 4.01. The van der Waals surface area contributed by atoms with Gasteiger partial charge in [0.15, 0.2) is 0 Å². The van der Waals surface area contributed by atoms with E-state index in [1.807, 2.05) is 35.7 Å². The number of carboxylic acid groups (broad SMARTS) is 1. The highest BCUT2D eigenvalue weighted by molar-refractivity contribution is 7.81. The molecule has 0 saturated carbocycles. The first-order chi connectivity index (χ1) is 12.6. The van der Waals surface area contributed by atoms with E-state index in [0.717, 1.165) is 11.1 Å². The molecular formula is C19H17NO4S2. The van der Waals surface area contributed by atoms with E-state index in [0.29, 0.717) is 23.5 Å². The number of benzene rings is 2. The highest BCUT2D eigenvalue weighted by Gasteiger charge is 2.19. The molecule has 3 aromatic rings. The molecule has 0 aliphatic heterocycles. The van der Waals surface area contributed by atoms with Gasteiger partial charge in [-0.2, -0.15) is 0 Å². The maximum atomic E-state index is 11.9. The molecule has 0 radical (unpaired) electrons. The Labute approximate surface area is 158 Å². The zero-order valence-corrected chi connectivity index (χ0v) is 15.4. The molecule has 0 saturated heterocycles. The molecule has 1 atom stereocenters. The van der Waals surface area contributed by atoms with Crippen LogP contribution in [0.4, 0.5) is 10.7 Å². The number of nitrogens with zero attached hydrogens (tertiary/aromatic N) is 1. The number of aryl methyl sites for hydroxylation is 2. The molecule has 1 heterocycles. The number of carbonyl (C=O) groups is 1. The minimum atomic E-state index is -2.20. The topological polar surface area (TPSA) is 77.8 Å². The summed E-state index contributed by atoms with van der Waals surface area (Å²) < 4.78 is 23.1. The van der Waals surface area contributed by atoms with Crippen molar-refractivity contribution in [2.24, 2.45) is 0 Å². The van der Waals surface area contributed by atoms with Crippen molar-refractivity contribution in [2.75, 3.05) is 4.31 Å². The van der Waals surface area contributed by atoms with Gasteiger partial charge in [-0.3, -0.25) is 4.55 Å². The monoisotopic (exact) mass is 387 g/mol. The summed E-state index contributed by atoms with van der Waals surface area (Å²) in [7, 11) is 0. The van der Waals surface area contributed by atoms with Gasteiger partial charge in [0.1, 0.15) is 5.00 Å². The molecule has 2 N–H and O–H groups in total. The van der Waals surface area contributed by atoms with Gasteiger partial charge in [-0.05, 0) is 53.6 Å². The van der Waals surface area contributed by atoms with E-state index in [4.69, 9.17) is 0 Å². The van der Waals surface area contributed by atoms with Crippen molar-refractivity contribution in [3.63, 3.8) is 0 Å². The van der Waals surface area contributed by atoms with Crippen molar-refractivity contribution in [1.82, 2.24) is 0 Å². The lowest BCUT2D eigenvalue weighted by Gasteiger charge is -2.21. The Morgan fingerprint density at radius 2 is 1.62 bits per heavy atom. The fourth-order valence-electron chi connectivity index (χ4n) is 2.80. The van der Waals surface area contributed by atoms with Crippen molar-refractivity contribution in [1.29, 1.82) is 0 Å². The standard InChI is InChI=1S/C19H17NO4S2/c21-19(22)16-8-3-1-6-14(16)11-12-15-7-2-4-9-17(15)20(26(23)24)18-10-5-13-25-18/h1-10,13H,11-12H2,(H,21,22)(H,23,24). The molecule has 1 unspecified atom stereocenters. The summed E-state index contributed by atoms with van der Waals surface area (Å²) >= 11 is -0.825. The van der Waals surface area contributed by atoms with Crippen LogP contribution in [-0.4, -0.2) is 19.8 Å². The average molecular weight is 387 g/mol. The molecule has 0 aliphatic rings. The smallest absolute Gasteiger partial charge is 0.335 e. The zero-order chi connectivity index (χ0) is 18.5. The first-order valence-electron chi connectivity index (χ1n) is 7.91. The molecule has 0 aliphatic carbocycles. The second-order valence-corrected chi connectivity index (χ2v) is 7.32. The third-order valence-corrected chi connectivity index (χ3v) is 5.66. The number of aromatic carboxylic acids is 1. The zero-order valence-electron chi connectivity index (χ0n) is 13.7. The summed E-state index contributed by atoms with van der Waals surface area (Å²) in [5.41, 5.74) is 2.54. The van der Waals surface area contributed by atoms with Crippen LogP contribution in [-0.2, 0) is 24.1 Å². The van der Waals surface area contributed by atoms with Gasteiger partial charge >= 0.3 is 5.97 Å². The second kappa shape index (κ2) is 8.27. The van der Waals surface area contributed by atoms with E-state index in [9.17, 15) is 18.7 Å². The SMILES string of the molecule is O=C(O)c1ccccc1CCc1ccccc1N(c1cccs1)S(=O)O. The summed E-state index contributed by atoms with van der Waals surface area (Å²) in [5, 5.41) is 11.8. The van der Waals surface area contributed by atoms with Gasteiger partial charge in [0, 0.05) is 0 Å². The van der Waals surface area contributed by atoms with Gasteiger partial charge in [-0.25, -0.2) is 13.3 Å². The highest BCUT2D eigenvalue weighted by Crippen LogP contribution is 2.33. The second-order valence-electron chi connectivity index (χ2n) is 5.57. The summed E-state index contributed by atoms with van der Waals surface area (Å²) in [4.78, 5) is 11.4. The Hall–Kier alpha value is -2.48. The normalized spacial score (nSPS) is 11.9. The van der Waals surface area contributed by atoms with Crippen LogP contribution in [0.1, 0.15) is 21.5 Å². The van der Waals surface area contributed by atoms with Gasteiger partial charge in [0.2, 0.25) is 0 Å². The van der Waals surface area contributed by atoms with Gasteiger partial charge in [0.05, 0.1) is 11.3 Å². The molecule has 0 amide bonds.